The van der Waals surface area contributed by atoms with Crippen LogP contribution in [0.15, 0.2) is 18.2 Å². The van der Waals surface area contributed by atoms with Crippen LogP contribution in [0.3, 0.4) is 0 Å². The molecule has 2 heteroatoms. The highest BCUT2D eigenvalue weighted by Gasteiger charge is 2.58. The predicted octanol–water partition coefficient (Wildman–Crippen LogP) is 2.83. The summed E-state index contributed by atoms with van der Waals surface area (Å²) in [5.41, 5.74) is 7.79. The van der Waals surface area contributed by atoms with Crippen LogP contribution in [0.2, 0.25) is 0 Å². The first-order valence-corrected chi connectivity index (χ1v) is 5.45. The van der Waals surface area contributed by atoms with E-state index in [2.05, 4.69) is 13.8 Å². The molecule has 0 bridgehead atoms. The minimum Gasteiger partial charge on any atom is -0.330 e. The van der Waals surface area contributed by atoms with Gasteiger partial charge in [-0.3, -0.25) is 0 Å². The van der Waals surface area contributed by atoms with Crippen LogP contribution >= 0.6 is 0 Å². The zero-order valence-electron chi connectivity index (χ0n) is 9.55. The summed E-state index contributed by atoms with van der Waals surface area (Å²) in [5.74, 6) is 0.640. The predicted molar refractivity (Wildman–Crippen MR) is 60.2 cm³/mol. The van der Waals surface area contributed by atoms with E-state index in [1.54, 1.807) is 12.1 Å². The van der Waals surface area contributed by atoms with Crippen molar-refractivity contribution in [2.45, 2.75) is 26.7 Å². The van der Waals surface area contributed by atoms with Gasteiger partial charge in [0.2, 0.25) is 0 Å². The minimum atomic E-state index is -0.0796. The molecule has 0 heterocycles. The molecule has 1 saturated carbocycles. The number of rotatable bonds is 2. The average molecular weight is 207 g/mol. The van der Waals surface area contributed by atoms with Crippen LogP contribution in [0.5, 0.6) is 0 Å². The second kappa shape index (κ2) is 3.31. The van der Waals surface area contributed by atoms with Gasteiger partial charge in [-0.05, 0) is 47.9 Å². The molecule has 0 aliphatic heterocycles. The average Bonchev–Trinajstić information content (AvgIpc) is 2.68. The summed E-state index contributed by atoms with van der Waals surface area (Å²) < 4.78 is 13.8. The van der Waals surface area contributed by atoms with Crippen molar-refractivity contribution in [1.82, 2.24) is 0 Å². The number of nitrogens with two attached hydrogens (primary N) is 1. The van der Waals surface area contributed by atoms with Gasteiger partial charge in [-0.2, -0.15) is 0 Å². The smallest absolute Gasteiger partial charge is 0.126 e. The fraction of sp³-hybridized carbons (Fsp3) is 0.538. The lowest BCUT2D eigenvalue weighted by molar-refractivity contribution is 0.550. The minimum absolute atomic E-state index is 0.0796. The SMILES string of the molecule is Cc1cccc(F)c1C1C(CN)C1(C)C. The maximum atomic E-state index is 13.8. The van der Waals surface area contributed by atoms with E-state index in [4.69, 9.17) is 5.73 Å². The first-order valence-electron chi connectivity index (χ1n) is 5.45. The van der Waals surface area contributed by atoms with E-state index in [0.717, 1.165) is 11.1 Å². The molecule has 1 aliphatic carbocycles. The third-order valence-corrected chi connectivity index (χ3v) is 3.89. The Labute approximate surface area is 90.5 Å². The maximum absolute atomic E-state index is 13.8. The van der Waals surface area contributed by atoms with Crippen molar-refractivity contribution in [3.8, 4) is 0 Å². The molecule has 1 aliphatic rings. The number of benzene rings is 1. The zero-order chi connectivity index (χ0) is 11.2. The Hall–Kier alpha value is -0.890. The van der Waals surface area contributed by atoms with Crippen LogP contribution in [-0.2, 0) is 0 Å². The fourth-order valence-corrected chi connectivity index (χ4v) is 2.80. The number of hydrogen-bond donors (Lipinski definition) is 1. The van der Waals surface area contributed by atoms with Crippen molar-refractivity contribution in [1.29, 1.82) is 0 Å². The summed E-state index contributed by atoms with van der Waals surface area (Å²) in [7, 11) is 0. The third kappa shape index (κ3) is 1.48. The molecule has 2 atom stereocenters. The van der Waals surface area contributed by atoms with E-state index in [9.17, 15) is 4.39 Å². The molecule has 0 aromatic heterocycles. The highest BCUT2D eigenvalue weighted by molar-refractivity contribution is 5.38. The summed E-state index contributed by atoms with van der Waals surface area (Å²) in [6, 6.07) is 5.28. The van der Waals surface area contributed by atoms with Crippen molar-refractivity contribution < 1.29 is 4.39 Å². The van der Waals surface area contributed by atoms with Gasteiger partial charge in [0.15, 0.2) is 0 Å². The van der Waals surface area contributed by atoms with Gasteiger partial charge in [0, 0.05) is 0 Å². The Morgan fingerprint density at radius 1 is 1.40 bits per heavy atom. The van der Waals surface area contributed by atoms with Crippen LogP contribution in [0.25, 0.3) is 0 Å². The van der Waals surface area contributed by atoms with Gasteiger partial charge in [-0.25, -0.2) is 4.39 Å². The number of hydrogen-bond acceptors (Lipinski definition) is 1. The normalized spacial score (nSPS) is 27.8. The van der Waals surface area contributed by atoms with E-state index < -0.39 is 0 Å². The van der Waals surface area contributed by atoms with E-state index >= 15 is 0 Å². The molecular formula is C13H18FN. The van der Waals surface area contributed by atoms with Crippen LogP contribution in [0, 0.1) is 24.1 Å². The summed E-state index contributed by atoms with van der Waals surface area (Å²) in [4.78, 5) is 0. The summed E-state index contributed by atoms with van der Waals surface area (Å²) in [6.45, 7) is 6.95. The molecule has 0 radical (unpaired) electrons. The molecule has 2 unspecified atom stereocenters. The Bertz CT molecular complexity index is 364. The zero-order valence-corrected chi connectivity index (χ0v) is 9.55. The van der Waals surface area contributed by atoms with Gasteiger partial charge >= 0.3 is 0 Å². The quantitative estimate of drug-likeness (QED) is 0.793. The van der Waals surface area contributed by atoms with Gasteiger partial charge in [0.05, 0.1) is 0 Å². The maximum Gasteiger partial charge on any atom is 0.126 e. The number of halogens is 1. The Kier molecular flexibility index (Phi) is 2.34. The van der Waals surface area contributed by atoms with Crippen LogP contribution in [-0.4, -0.2) is 6.54 Å². The second-order valence-electron chi connectivity index (χ2n) is 5.11. The van der Waals surface area contributed by atoms with E-state index in [-0.39, 0.29) is 11.2 Å². The molecule has 1 nitrogen and oxygen atoms in total. The van der Waals surface area contributed by atoms with E-state index in [1.807, 2.05) is 13.0 Å². The van der Waals surface area contributed by atoms with Gasteiger partial charge in [0.25, 0.3) is 0 Å². The van der Waals surface area contributed by atoms with Gasteiger partial charge < -0.3 is 5.73 Å². The molecule has 82 valence electrons. The molecule has 2 rings (SSSR count). The van der Waals surface area contributed by atoms with Crippen LogP contribution in [0.1, 0.15) is 30.9 Å². The molecule has 0 saturated heterocycles. The highest BCUT2D eigenvalue weighted by Crippen LogP contribution is 2.64. The van der Waals surface area contributed by atoms with Crippen LogP contribution < -0.4 is 5.73 Å². The molecule has 0 amide bonds. The molecule has 1 aromatic rings. The fourth-order valence-electron chi connectivity index (χ4n) is 2.80. The van der Waals surface area contributed by atoms with Crippen molar-refractivity contribution in [2.24, 2.45) is 17.1 Å². The molecule has 1 fully saturated rings. The van der Waals surface area contributed by atoms with Crippen molar-refractivity contribution >= 4 is 0 Å². The Morgan fingerprint density at radius 3 is 2.53 bits per heavy atom. The molecule has 15 heavy (non-hydrogen) atoms. The van der Waals surface area contributed by atoms with E-state index in [0.29, 0.717) is 18.4 Å². The summed E-state index contributed by atoms with van der Waals surface area (Å²) >= 11 is 0. The van der Waals surface area contributed by atoms with Gasteiger partial charge in [-0.15, -0.1) is 0 Å². The van der Waals surface area contributed by atoms with Crippen molar-refractivity contribution in [2.75, 3.05) is 6.54 Å². The number of aryl methyl sites for hydroxylation is 1. The summed E-state index contributed by atoms with van der Waals surface area (Å²) in [6.07, 6.45) is 0. The molecular weight excluding hydrogens is 189 g/mol. The molecule has 2 N–H and O–H groups in total. The third-order valence-electron chi connectivity index (χ3n) is 3.89. The van der Waals surface area contributed by atoms with Crippen molar-refractivity contribution in [3.63, 3.8) is 0 Å². The van der Waals surface area contributed by atoms with Gasteiger partial charge in [0.1, 0.15) is 5.82 Å². The van der Waals surface area contributed by atoms with Crippen LogP contribution in [0.4, 0.5) is 4.39 Å². The topological polar surface area (TPSA) is 26.0 Å². The first kappa shape index (κ1) is 10.6. The van der Waals surface area contributed by atoms with Gasteiger partial charge in [-0.1, -0.05) is 26.0 Å². The Balaban J connectivity index is 2.41. The lowest BCUT2D eigenvalue weighted by Crippen LogP contribution is -2.05. The molecule has 1 aromatic carbocycles. The largest absolute Gasteiger partial charge is 0.330 e. The first-order chi connectivity index (χ1) is 7.00. The highest BCUT2D eigenvalue weighted by atomic mass is 19.1. The van der Waals surface area contributed by atoms with E-state index in [1.165, 1.54) is 0 Å². The lowest BCUT2D eigenvalue weighted by Gasteiger charge is -2.08. The molecule has 0 spiro atoms. The summed E-state index contributed by atoms with van der Waals surface area (Å²) in [5, 5.41) is 0. The van der Waals surface area contributed by atoms with Crippen molar-refractivity contribution in [3.05, 3.63) is 35.1 Å². The monoisotopic (exact) mass is 207 g/mol. The Morgan fingerprint density at radius 2 is 2.07 bits per heavy atom. The second-order valence-corrected chi connectivity index (χ2v) is 5.11. The standard InChI is InChI=1S/C13H18FN/c1-8-5-4-6-10(14)11(8)12-9(7-15)13(12,2)3/h4-6,9,12H,7,15H2,1-3H3. The lowest BCUT2D eigenvalue weighted by atomic mass is 9.98.